The Morgan fingerprint density at radius 1 is 1.59 bits per heavy atom. The molecule has 0 aromatic heterocycles. The summed E-state index contributed by atoms with van der Waals surface area (Å²) >= 11 is 0. The van der Waals surface area contributed by atoms with E-state index in [1.165, 1.54) is 4.90 Å². The summed E-state index contributed by atoms with van der Waals surface area (Å²) in [5.74, 6) is -1.21. The van der Waals surface area contributed by atoms with Crippen molar-refractivity contribution >= 4 is 12.0 Å². The van der Waals surface area contributed by atoms with Crippen molar-refractivity contribution in [1.82, 2.24) is 10.2 Å². The summed E-state index contributed by atoms with van der Waals surface area (Å²) in [6, 6.07) is 0.782. The van der Waals surface area contributed by atoms with E-state index in [1.54, 1.807) is 14.0 Å². The van der Waals surface area contributed by atoms with Crippen molar-refractivity contribution in [3.05, 3.63) is 0 Å². The normalized spacial score (nSPS) is 17.7. The smallest absolute Gasteiger partial charge is 0.326 e. The van der Waals surface area contributed by atoms with Gasteiger partial charge in [0.25, 0.3) is 0 Å². The molecular weight excluding hydrogens is 222 g/mol. The Hall–Kier alpha value is -1.77. The van der Waals surface area contributed by atoms with Gasteiger partial charge in [0.1, 0.15) is 6.04 Å². The van der Waals surface area contributed by atoms with Crippen LogP contribution in [0.4, 0.5) is 4.79 Å². The molecule has 1 rings (SSSR count). The van der Waals surface area contributed by atoms with Crippen LogP contribution in [-0.4, -0.2) is 41.6 Å². The van der Waals surface area contributed by atoms with Crippen LogP contribution in [0.1, 0.15) is 19.8 Å². The molecule has 2 N–H and O–H groups in total. The fourth-order valence-corrected chi connectivity index (χ4v) is 1.59. The lowest BCUT2D eigenvalue weighted by Crippen LogP contribution is -2.48. The Morgan fingerprint density at radius 3 is 2.59 bits per heavy atom. The Kier molecular flexibility index (Phi) is 4.32. The maximum Gasteiger partial charge on any atom is 0.326 e. The summed E-state index contributed by atoms with van der Waals surface area (Å²) in [5, 5.41) is 20.1. The number of hydrogen-bond acceptors (Lipinski definition) is 3. The monoisotopic (exact) mass is 239 g/mol. The highest BCUT2D eigenvalue weighted by molar-refractivity contribution is 5.83. The number of urea groups is 1. The van der Waals surface area contributed by atoms with Gasteiger partial charge in [0.2, 0.25) is 0 Å². The first kappa shape index (κ1) is 13.3. The van der Waals surface area contributed by atoms with Crippen LogP contribution in [-0.2, 0) is 4.79 Å². The number of nitriles is 1. The van der Waals surface area contributed by atoms with Crippen LogP contribution in [0.2, 0.25) is 0 Å². The second-order valence-electron chi connectivity index (χ2n) is 4.51. The van der Waals surface area contributed by atoms with E-state index in [0.717, 1.165) is 12.8 Å². The molecule has 2 unspecified atom stereocenters. The third-order valence-electron chi connectivity index (χ3n) is 2.75. The topological polar surface area (TPSA) is 93.4 Å². The molecule has 2 amide bonds. The Morgan fingerprint density at radius 2 is 2.18 bits per heavy atom. The van der Waals surface area contributed by atoms with E-state index in [9.17, 15) is 9.59 Å². The first-order chi connectivity index (χ1) is 7.95. The third-order valence-corrected chi connectivity index (χ3v) is 2.75. The highest BCUT2D eigenvalue weighted by Crippen LogP contribution is 2.32. The fraction of sp³-hybridized carbons (Fsp3) is 0.727. The minimum absolute atomic E-state index is 0.0539. The number of amides is 2. The number of nitrogens with one attached hydrogen (secondary N) is 1. The summed E-state index contributed by atoms with van der Waals surface area (Å²) in [7, 11) is 1.55. The lowest BCUT2D eigenvalue weighted by molar-refractivity contribution is -0.139. The van der Waals surface area contributed by atoms with E-state index in [-0.39, 0.29) is 11.8 Å². The van der Waals surface area contributed by atoms with Crippen molar-refractivity contribution in [2.45, 2.75) is 25.8 Å². The van der Waals surface area contributed by atoms with E-state index >= 15 is 0 Å². The SMILES string of the molecule is CC(C#N)CN(C)C(=O)NC(C(=O)O)C1CC1. The van der Waals surface area contributed by atoms with E-state index in [2.05, 4.69) is 5.32 Å². The van der Waals surface area contributed by atoms with Crippen LogP contribution >= 0.6 is 0 Å². The second kappa shape index (κ2) is 5.53. The highest BCUT2D eigenvalue weighted by Gasteiger charge is 2.37. The Balaban J connectivity index is 2.46. The summed E-state index contributed by atoms with van der Waals surface area (Å²) in [5.41, 5.74) is 0. The number of carbonyl (C=O) groups excluding carboxylic acids is 1. The summed E-state index contributed by atoms with van der Waals surface area (Å²) in [6.45, 7) is 2.00. The standard InChI is InChI=1S/C11H17N3O3/c1-7(5-12)6-14(2)11(17)13-9(10(15)16)8-3-4-8/h7-9H,3-4,6H2,1-2H3,(H,13,17)(H,15,16). The van der Waals surface area contributed by atoms with Crippen LogP contribution in [0.15, 0.2) is 0 Å². The quantitative estimate of drug-likeness (QED) is 0.736. The molecule has 1 saturated carbocycles. The number of carboxylic acids is 1. The zero-order valence-corrected chi connectivity index (χ0v) is 10.0. The molecule has 1 fully saturated rings. The lowest BCUT2D eigenvalue weighted by Gasteiger charge is -2.21. The van der Waals surface area contributed by atoms with Gasteiger partial charge in [0.05, 0.1) is 12.0 Å². The summed E-state index contributed by atoms with van der Waals surface area (Å²) in [6.07, 6.45) is 1.69. The molecule has 0 heterocycles. The zero-order valence-electron chi connectivity index (χ0n) is 10.0. The first-order valence-corrected chi connectivity index (χ1v) is 5.59. The minimum atomic E-state index is -0.998. The van der Waals surface area contributed by atoms with Crippen LogP contribution < -0.4 is 5.32 Å². The van der Waals surface area contributed by atoms with Crippen LogP contribution in [0.25, 0.3) is 0 Å². The van der Waals surface area contributed by atoms with Crippen molar-refractivity contribution in [2.24, 2.45) is 11.8 Å². The molecule has 0 bridgehead atoms. The van der Waals surface area contributed by atoms with Gasteiger partial charge in [-0.25, -0.2) is 9.59 Å². The van der Waals surface area contributed by atoms with Crippen LogP contribution in [0.5, 0.6) is 0 Å². The number of hydrogen-bond donors (Lipinski definition) is 2. The molecule has 6 heteroatoms. The molecule has 17 heavy (non-hydrogen) atoms. The molecule has 6 nitrogen and oxygen atoms in total. The molecule has 2 atom stereocenters. The van der Waals surface area contributed by atoms with Gasteiger partial charge in [-0.3, -0.25) is 0 Å². The van der Waals surface area contributed by atoms with Gasteiger partial charge in [-0.15, -0.1) is 0 Å². The van der Waals surface area contributed by atoms with Crippen molar-refractivity contribution in [3.8, 4) is 6.07 Å². The predicted octanol–water partition coefficient (Wildman–Crippen LogP) is 0.651. The van der Waals surface area contributed by atoms with Crippen molar-refractivity contribution < 1.29 is 14.7 Å². The molecular formula is C11H17N3O3. The fourth-order valence-electron chi connectivity index (χ4n) is 1.59. The number of carboxylic acid groups (broad SMARTS) is 1. The first-order valence-electron chi connectivity index (χ1n) is 5.59. The third kappa shape index (κ3) is 3.94. The second-order valence-corrected chi connectivity index (χ2v) is 4.51. The van der Waals surface area contributed by atoms with Gasteiger partial charge in [-0.2, -0.15) is 5.26 Å². The maximum atomic E-state index is 11.7. The molecule has 1 aliphatic rings. The number of carbonyl (C=O) groups is 2. The van der Waals surface area contributed by atoms with Crippen molar-refractivity contribution in [2.75, 3.05) is 13.6 Å². The Bertz CT molecular complexity index is 346. The van der Waals surface area contributed by atoms with Gasteiger partial charge in [-0.05, 0) is 25.7 Å². The zero-order chi connectivity index (χ0) is 13.0. The molecule has 0 spiro atoms. The van der Waals surface area contributed by atoms with Gasteiger partial charge < -0.3 is 15.3 Å². The lowest BCUT2D eigenvalue weighted by atomic mass is 10.2. The maximum absolute atomic E-state index is 11.7. The highest BCUT2D eigenvalue weighted by atomic mass is 16.4. The van der Waals surface area contributed by atoms with E-state index < -0.39 is 18.0 Å². The molecule has 0 aromatic carbocycles. The molecule has 0 aliphatic heterocycles. The molecule has 0 radical (unpaired) electrons. The number of aliphatic carboxylic acids is 1. The minimum Gasteiger partial charge on any atom is -0.480 e. The molecule has 1 aliphatic carbocycles. The van der Waals surface area contributed by atoms with Crippen molar-refractivity contribution in [3.63, 3.8) is 0 Å². The Labute approximate surface area is 100 Å². The van der Waals surface area contributed by atoms with Gasteiger partial charge in [0, 0.05) is 13.6 Å². The van der Waals surface area contributed by atoms with Gasteiger partial charge in [0.15, 0.2) is 0 Å². The molecule has 94 valence electrons. The molecule has 0 aromatic rings. The van der Waals surface area contributed by atoms with Gasteiger partial charge >= 0.3 is 12.0 Å². The van der Waals surface area contributed by atoms with Crippen LogP contribution in [0, 0.1) is 23.2 Å². The van der Waals surface area contributed by atoms with E-state index in [1.807, 2.05) is 6.07 Å². The summed E-state index contributed by atoms with van der Waals surface area (Å²) < 4.78 is 0. The average molecular weight is 239 g/mol. The van der Waals surface area contributed by atoms with E-state index in [0.29, 0.717) is 6.54 Å². The average Bonchev–Trinajstić information content (AvgIpc) is 3.08. The van der Waals surface area contributed by atoms with Crippen LogP contribution in [0.3, 0.4) is 0 Å². The molecule has 0 saturated heterocycles. The summed E-state index contributed by atoms with van der Waals surface area (Å²) in [4.78, 5) is 24.0. The van der Waals surface area contributed by atoms with Gasteiger partial charge in [-0.1, -0.05) is 0 Å². The largest absolute Gasteiger partial charge is 0.480 e. The van der Waals surface area contributed by atoms with Crippen molar-refractivity contribution in [1.29, 1.82) is 5.26 Å². The predicted molar refractivity (Wildman–Crippen MR) is 60.1 cm³/mol. The number of rotatable bonds is 5. The number of nitrogens with zero attached hydrogens (tertiary/aromatic N) is 2. The van der Waals surface area contributed by atoms with E-state index in [4.69, 9.17) is 10.4 Å².